The van der Waals surface area contributed by atoms with Crippen molar-refractivity contribution in [3.8, 4) is 0 Å². The highest BCUT2D eigenvalue weighted by Gasteiger charge is 2.27. The lowest BCUT2D eigenvalue weighted by Crippen LogP contribution is -2.32. The second-order valence-electron chi connectivity index (χ2n) is 3.68. The Labute approximate surface area is 92.7 Å². The average molecular weight is 231 g/mol. The molecule has 1 aromatic heterocycles. The van der Waals surface area contributed by atoms with Gasteiger partial charge in [-0.1, -0.05) is 11.6 Å². The molecule has 0 aliphatic rings. The zero-order chi connectivity index (χ0) is 11.6. The molecule has 1 aromatic rings. The molecule has 1 heterocycles. The van der Waals surface area contributed by atoms with E-state index in [1.165, 1.54) is 26.1 Å². The molecule has 0 aliphatic heterocycles. The van der Waals surface area contributed by atoms with Gasteiger partial charge < -0.3 is 5.32 Å². The number of anilines is 1. The molecule has 0 aliphatic carbocycles. The maximum absolute atomic E-state index is 13.2. The van der Waals surface area contributed by atoms with Gasteiger partial charge in [-0.3, -0.25) is 9.78 Å². The predicted molar refractivity (Wildman–Crippen MR) is 57.8 cm³/mol. The number of alkyl halides is 1. The van der Waals surface area contributed by atoms with Gasteiger partial charge in [0.2, 0.25) is 0 Å². The number of pyridine rings is 1. The van der Waals surface area contributed by atoms with Gasteiger partial charge in [0.1, 0.15) is 0 Å². The van der Waals surface area contributed by atoms with E-state index in [2.05, 4.69) is 10.3 Å². The summed E-state index contributed by atoms with van der Waals surface area (Å²) in [5.41, 5.74) is -0.966. The summed E-state index contributed by atoms with van der Waals surface area (Å²) in [6.45, 7) is 4.08. The van der Waals surface area contributed by atoms with E-state index >= 15 is 0 Å². The first-order valence-electron chi connectivity index (χ1n) is 4.44. The van der Waals surface area contributed by atoms with Crippen molar-refractivity contribution in [2.75, 3.05) is 5.32 Å². The Morgan fingerprint density at radius 3 is 2.73 bits per heavy atom. The van der Waals surface area contributed by atoms with Crippen LogP contribution in [-0.2, 0) is 4.79 Å². The molecule has 0 spiro atoms. The molecule has 0 fully saturated rings. The maximum Gasteiger partial charge on any atom is 0.261 e. The highest BCUT2D eigenvalue weighted by Crippen LogP contribution is 2.24. The summed E-state index contributed by atoms with van der Waals surface area (Å²) in [6.07, 6.45) is 1.50. The van der Waals surface area contributed by atoms with Gasteiger partial charge in [-0.2, -0.15) is 0 Å². The summed E-state index contributed by atoms with van der Waals surface area (Å²) in [5, 5.41) is 2.73. The smallest absolute Gasteiger partial charge is 0.261 e. The lowest BCUT2D eigenvalue weighted by molar-refractivity contribution is -0.125. The summed E-state index contributed by atoms with van der Waals surface area (Å²) in [7, 11) is 0. The van der Waals surface area contributed by atoms with Crippen molar-refractivity contribution in [1.29, 1.82) is 0 Å². The van der Waals surface area contributed by atoms with Gasteiger partial charge in [-0.05, 0) is 26.8 Å². The average Bonchev–Trinajstić information content (AvgIpc) is 2.11. The number of nitrogens with one attached hydrogen (secondary N) is 1. The molecule has 82 valence electrons. The topological polar surface area (TPSA) is 42.0 Å². The standard InChI is InChI=1S/C10H12ClFN2O/c1-6-8(11)7(4-5-13-6)14-9(15)10(2,3)12/h4-5H,1-3H3,(H,13,14,15). The van der Waals surface area contributed by atoms with Gasteiger partial charge in [0.05, 0.1) is 16.4 Å². The van der Waals surface area contributed by atoms with Crippen LogP contribution in [0.25, 0.3) is 0 Å². The molecule has 0 radical (unpaired) electrons. The number of carbonyl (C=O) groups is 1. The highest BCUT2D eigenvalue weighted by molar-refractivity contribution is 6.34. The van der Waals surface area contributed by atoms with Crippen molar-refractivity contribution in [2.24, 2.45) is 0 Å². The summed E-state index contributed by atoms with van der Waals surface area (Å²) in [6, 6.07) is 1.53. The zero-order valence-corrected chi connectivity index (χ0v) is 9.52. The third kappa shape index (κ3) is 2.89. The van der Waals surface area contributed by atoms with Crippen LogP contribution in [0.1, 0.15) is 19.5 Å². The van der Waals surface area contributed by atoms with Crippen LogP contribution >= 0.6 is 11.6 Å². The minimum Gasteiger partial charge on any atom is -0.322 e. The van der Waals surface area contributed by atoms with Gasteiger partial charge >= 0.3 is 0 Å². The van der Waals surface area contributed by atoms with E-state index < -0.39 is 11.6 Å². The van der Waals surface area contributed by atoms with Crippen molar-refractivity contribution in [1.82, 2.24) is 4.98 Å². The number of hydrogen-bond donors (Lipinski definition) is 1. The normalized spacial score (nSPS) is 11.3. The number of aryl methyl sites for hydroxylation is 1. The summed E-state index contributed by atoms with van der Waals surface area (Å²) in [4.78, 5) is 15.3. The van der Waals surface area contributed by atoms with E-state index in [9.17, 15) is 9.18 Å². The SMILES string of the molecule is Cc1nccc(NC(=O)C(C)(C)F)c1Cl. The Morgan fingerprint density at radius 2 is 2.20 bits per heavy atom. The number of halogens is 2. The molecule has 0 atom stereocenters. The van der Waals surface area contributed by atoms with Gasteiger partial charge in [0.15, 0.2) is 5.67 Å². The van der Waals surface area contributed by atoms with E-state index in [1.807, 2.05) is 0 Å². The summed E-state index contributed by atoms with van der Waals surface area (Å²) < 4.78 is 13.2. The Balaban J connectivity index is 2.91. The lowest BCUT2D eigenvalue weighted by atomic mass is 10.1. The molecule has 0 bridgehead atoms. The van der Waals surface area contributed by atoms with E-state index in [0.29, 0.717) is 16.4 Å². The summed E-state index contributed by atoms with van der Waals surface area (Å²) in [5.74, 6) is -0.727. The monoisotopic (exact) mass is 230 g/mol. The first-order chi connectivity index (χ1) is 6.82. The van der Waals surface area contributed by atoms with Crippen LogP contribution in [0.15, 0.2) is 12.3 Å². The van der Waals surface area contributed by atoms with E-state index in [1.54, 1.807) is 6.92 Å². The predicted octanol–water partition coefficient (Wildman–Crippen LogP) is 2.73. The van der Waals surface area contributed by atoms with Crippen molar-refractivity contribution in [2.45, 2.75) is 26.4 Å². The molecular formula is C10H12ClFN2O. The minimum absolute atomic E-state index is 0.329. The molecule has 5 heteroatoms. The Hall–Kier alpha value is -1.16. The first-order valence-corrected chi connectivity index (χ1v) is 4.81. The van der Waals surface area contributed by atoms with E-state index in [-0.39, 0.29) is 0 Å². The van der Waals surface area contributed by atoms with Crippen molar-refractivity contribution in [3.63, 3.8) is 0 Å². The third-order valence-electron chi connectivity index (χ3n) is 1.85. The Bertz CT molecular complexity index is 387. The third-order valence-corrected chi connectivity index (χ3v) is 2.33. The van der Waals surface area contributed by atoms with E-state index in [4.69, 9.17) is 11.6 Å². The molecular weight excluding hydrogens is 219 g/mol. The fourth-order valence-corrected chi connectivity index (χ4v) is 1.07. The highest BCUT2D eigenvalue weighted by atomic mass is 35.5. The summed E-state index contributed by atoms with van der Waals surface area (Å²) >= 11 is 5.89. The quantitative estimate of drug-likeness (QED) is 0.849. The Morgan fingerprint density at radius 1 is 1.60 bits per heavy atom. The molecule has 0 unspecified atom stereocenters. The molecule has 1 N–H and O–H groups in total. The molecule has 1 rings (SSSR count). The van der Waals surface area contributed by atoms with Gasteiger partial charge in [-0.25, -0.2) is 4.39 Å². The van der Waals surface area contributed by atoms with Gasteiger partial charge in [-0.15, -0.1) is 0 Å². The molecule has 3 nitrogen and oxygen atoms in total. The van der Waals surface area contributed by atoms with Crippen LogP contribution in [-0.4, -0.2) is 16.6 Å². The number of amides is 1. The van der Waals surface area contributed by atoms with E-state index in [0.717, 1.165) is 0 Å². The van der Waals surface area contributed by atoms with Crippen LogP contribution in [0.5, 0.6) is 0 Å². The number of hydrogen-bond acceptors (Lipinski definition) is 2. The van der Waals surface area contributed by atoms with Crippen LogP contribution in [0.4, 0.5) is 10.1 Å². The fourth-order valence-electron chi connectivity index (χ4n) is 0.916. The van der Waals surface area contributed by atoms with Crippen LogP contribution in [0.2, 0.25) is 5.02 Å². The van der Waals surface area contributed by atoms with Crippen molar-refractivity contribution < 1.29 is 9.18 Å². The molecule has 0 saturated carbocycles. The number of nitrogens with zero attached hydrogens (tertiary/aromatic N) is 1. The minimum atomic E-state index is -1.93. The number of carbonyl (C=O) groups excluding carboxylic acids is 1. The van der Waals surface area contributed by atoms with Crippen LogP contribution in [0.3, 0.4) is 0 Å². The maximum atomic E-state index is 13.2. The van der Waals surface area contributed by atoms with Gasteiger partial charge in [0, 0.05) is 6.20 Å². The lowest BCUT2D eigenvalue weighted by Gasteiger charge is -2.15. The van der Waals surface area contributed by atoms with Crippen molar-refractivity contribution >= 4 is 23.2 Å². The fraction of sp³-hybridized carbons (Fsp3) is 0.400. The molecule has 1 amide bonds. The second kappa shape index (κ2) is 4.14. The molecule has 0 saturated heterocycles. The van der Waals surface area contributed by atoms with Crippen molar-refractivity contribution in [3.05, 3.63) is 23.0 Å². The second-order valence-corrected chi connectivity index (χ2v) is 4.06. The van der Waals surface area contributed by atoms with Gasteiger partial charge in [0.25, 0.3) is 5.91 Å². The van der Waals surface area contributed by atoms with Crippen LogP contribution in [0, 0.1) is 6.92 Å². The molecule has 15 heavy (non-hydrogen) atoms. The zero-order valence-electron chi connectivity index (χ0n) is 8.77. The molecule has 0 aromatic carbocycles. The number of aromatic nitrogens is 1. The number of rotatable bonds is 2. The van der Waals surface area contributed by atoms with Crippen LogP contribution < -0.4 is 5.32 Å². The Kier molecular flexibility index (Phi) is 3.29. The largest absolute Gasteiger partial charge is 0.322 e. The first kappa shape index (κ1) is 11.9.